The van der Waals surface area contributed by atoms with Gasteiger partial charge in [-0.3, -0.25) is 4.90 Å². The first kappa shape index (κ1) is 15.6. The summed E-state index contributed by atoms with van der Waals surface area (Å²) >= 11 is 0. The first-order valence-corrected chi connectivity index (χ1v) is 8.70. The highest BCUT2D eigenvalue weighted by molar-refractivity contribution is 5.26. The van der Waals surface area contributed by atoms with Crippen LogP contribution in [0.2, 0.25) is 0 Å². The Kier molecular flexibility index (Phi) is 4.02. The summed E-state index contributed by atoms with van der Waals surface area (Å²) in [5, 5.41) is 11.3. The minimum Gasteiger partial charge on any atom is -0.481 e. The molecule has 2 fully saturated rings. The number of aliphatic hydroxyl groups is 1. The van der Waals surface area contributed by atoms with Crippen molar-refractivity contribution in [2.75, 3.05) is 7.11 Å². The molecule has 2 aliphatic heterocycles. The number of ether oxygens (including phenoxy) is 1. The maximum atomic E-state index is 11.3. The number of fused-ring (bicyclic) bond motifs is 2. The fourth-order valence-corrected chi connectivity index (χ4v) is 4.38. The Morgan fingerprint density at radius 1 is 1.12 bits per heavy atom. The first-order chi connectivity index (χ1) is 11.7. The number of hydrogen-bond donors (Lipinski definition) is 1. The van der Waals surface area contributed by atoms with Gasteiger partial charge in [0.25, 0.3) is 0 Å². The number of benzene rings is 1. The summed E-state index contributed by atoms with van der Waals surface area (Å²) in [6.07, 6.45) is 5.67. The molecule has 0 spiro atoms. The quantitative estimate of drug-likeness (QED) is 0.939. The van der Waals surface area contributed by atoms with Crippen LogP contribution >= 0.6 is 0 Å². The predicted octanol–water partition coefficient (Wildman–Crippen LogP) is 3.10. The average Bonchev–Trinajstić information content (AvgIpc) is 2.86. The van der Waals surface area contributed by atoms with Gasteiger partial charge in [0.05, 0.1) is 12.7 Å². The standard InChI is InChI=1S/C20H24N2O2/c1-24-19-10-7-16(13-21-19)20(23)11-17-8-9-18(12-20)22(17)14-15-5-3-2-4-6-15/h2-7,10,13,17-18,23H,8-9,11-12,14H2,1H3. The molecule has 1 N–H and O–H groups in total. The van der Waals surface area contributed by atoms with Gasteiger partial charge < -0.3 is 9.84 Å². The molecule has 0 aliphatic carbocycles. The molecule has 2 atom stereocenters. The van der Waals surface area contributed by atoms with Crippen LogP contribution in [-0.4, -0.2) is 34.2 Å². The lowest BCUT2D eigenvalue weighted by molar-refractivity contribution is -0.0597. The Hall–Kier alpha value is -1.91. The van der Waals surface area contributed by atoms with E-state index in [1.165, 1.54) is 18.4 Å². The lowest BCUT2D eigenvalue weighted by Gasteiger charge is -2.44. The molecule has 3 heterocycles. The third kappa shape index (κ3) is 2.80. The van der Waals surface area contributed by atoms with Crippen molar-refractivity contribution in [1.82, 2.24) is 9.88 Å². The Balaban J connectivity index is 1.52. The van der Waals surface area contributed by atoms with Gasteiger partial charge in [0.1, 0.15) is 0 Å². The molecule has 1 aromatic heterocycles. The van der Waals surface area contributed by atoms with Crippen molar-refractivity contribution < 1.29 is 9.84 Å². The second-order valence-corrected chi connectivity index (χ2v) is 7.07. The van der Waals surface area contributed by atoms with E-state index < -0.39 is 5.60 Å². The van der Waals surface area contributed by atoms with Crippen molar-refractivity contribution in [3.05, 3.63) is 59.8 Å². The fraction of sp³-hybridized carbons (Fsp3) is 0.450. The number of piperidine rings is 1. The third-order valence-electron chi connectivity index (χ3n) is 5.61. The Bertz CT molecular complexity index is 673. The van der Waals surface area contributed by atoms with Gasteiger partial charge in [0, 0.05) is 36.5 Å². The van der Waals surface area contributed by atoms with Crippen LogP contribution in [0.15, 0.2) is 48.7 Å². The molecule has 2 unspecified atom stereocenters. The molecular formula is C20H24N2O2. The smallest absolute Gasteiger partial charge is 0.212 e. The van der Waals surface area contributed by atoms with E-state index in [0.717, 1.165) is 24.9 Å². The Morgan fingerprint density at radius 3 is 2.42 bits per heavy atom. The highest BCUT2D eigenvalue weighted by atomic mass is 16.5. The molecular weight excluding hydrogens is 300 g/mol. The molecule has 24 heavy (non-hydrogen) atoms. The van der Waals surface area contributed by atoms with Crippen molar-refractivity contribution in [1.29, 1.82) is 0 Å². The molecule has 2 saturated heterocycles. The summed E-state index contributed by atoms with van der Waals surface area (Å²) in [6, 6.07) is 15.3. The van der Waals surface area contributed by atoms with Crippen LogP contribution in [0.3, 0.4) is 0 Å². The zero-order valence-electron chi connectivity index (χ0n) is 14.1. The molecule has 4 nitrogen and oxygen atoms in total. The molecule has 2 bridgehead atoms. The largest absolute Gasteiger partial charge is 0.481 e. The maximum absolute atomic E-state index is 11.3. The fourth-order valence-electron chi connectivity index (χ4n) is 4.38. The number of methoxy groups -OCH3 is 1. The lowest BCUT2D eigenvalue weighted by atomic mass is 9.81. The van der Waals surface area contributed by atoms with Gasteiger partial charge in [-0.05, 0) is 37.3 Å². The average molecular weight is 324 g/mol. The van der Waals surface area contributed by atoms with Gasteiger partial charge in [-0.1, -0.05) is 30.3 Å². The van der Waals surface area contributed by atoms with Gasteiger partial charge in [-0.15, -0.1) is 0 Å². The van der Waals surface area contributed by atoms with E-state index in [-0.39, 0.29) is 0 Å². The molecule has 4 rings (SSSR count). The third-order valence-corrected chi connectivity index (χ3v) is 5.61. The number of pyridine rings is 1. The monoisotopic (exact) mass is 324 g/mol. The normalized spacial score (nSPS) is 29.6. The summed E-state index contributed by atoms with van der Waals surface area (Å²) in [5.41, 5.74) is 1.50. The van der Waals surface area contributed by atoms with Crippen LogP contribution in [0, 0.1) is 0 Å². The van der Waals surface area contributed by atoms with Gasteiger partial charge in [0.2, 0.25) is 5.88 Å². The van der Waals surface area contributed by atoms with E-state index in [2.05, 4.69) is 40.2 Å². The van der Waals surface area contributed by atoms with Crippen LogP contribution in [-0.2, 0) is 12.1 Å². The number of hydrogen-bond acceptors (Lipinski definition) is 4. The molecule has 2 aliphatic rings. The molecule has 0 radical (unpaired) electrons. The molecule has 4 heteroatoms. The van der Waals surface area contributed by atoms with Crippen molar-refractivity contribution in [2.24, 2.45) is 0 Å². The van der Waals surface area contributed by atoms with Crippen molar-refractivity contribution >= 4 is 0 Å². The van der Waals surface area contributed by atoms with Gasteiger partial charge in [-0.25, -0.2) is 4.98 Å². The molecule has 126 valence electrons. The highest BCUT2D eigenvalue weighted by Gasteiger charge is 2.48. The summed E-state index contributed by atoms with van der Waals surface area (Å²) in [5.74, 6) is 0.590. The molecule has 2 aromatic rings. The lowest BCUT2D eigenvalue weighted by Crippen LogP contribution is -2.49. The summed E-state index contributed by atoms with van der Waals surface area (Å²) in [7, 11) is 1.61. The Morgan fingerprint density at radius 2 is 1.83 bits per heavy atom. The van der Waals surface area contributed by atoms with E-state index in [0.29, 0.717) is 18.0 Å². The van der Waals surface area contributed by atoms with E-state index >= 15 is 0 Å². The van der Waals surface area contributed by atoms with E-state index in [1.807, 2.05) is 12.1 Å². The second-order valence-electron chi connectivity index (χ2n) is 7.07. The van der Waals surface area contributed by atoms with Crippen molar-refractivity contribution in [3.63, 3.8) is 0 Å². The van der Waals surface area contributed by atoms with Gasteiger partial charge in [0.15, 0.2) is 0 Å². The van der Waals surface area contributed by atoms with E-state index in [1.54, 1.807) is 13.3 Å². The number of aromatic nitrogens is 1. The summed E-state index contributed by atoms with van der Waals surface area (Å²) < 4.78 is 5.13. The maximum Gasteiger partial charge on any atom is 0.212 e. The van der Waals surface area contributed by atoms with Crippen LogP contribution in [0.5, 0.6) is 5.88 Å². The minimum atomic E-state index is -0.766. The topological polar surface area (TPSA) is 45.6 Å². The zero-order valence-corrected chi connectivity index (χ0v) is 14.1. The second kappa shape index (κ2) is 6.19. The molecule has 0 amide bonds. The van der Waals surface area contributed by atoms with E-state index in [4.69, 9.17) is 4.74 Å². The predicted molar refractivity (Wildman–Crippen MR) is 92.7 cm³/mol. The van der Waals surface area contributed by atoms with Crippen molar-refractivity contribution in [3.8, 4) is 5.88 Å². The van der Waals surface area contributed by atoms with Gasteiger partial charge in [-0.2, -0.15) is 0 Å². The minimum absolute atomic E-state index is 0.441. The molecule has 1 aromatic carbocycles. The highest BCUT2D eigenvalue weighted by Crippen LogP contribution is 2.46. The van der Waals surface area contributed by atoms with Crippen molar-refractivity contribution in [2.45, 2.75) is 49.9 Å². The van der Waals surface area contributed by atoms with Crippen LogP contribution in [0.1, 0.15) is 36.8 Å². The van der Waals surface area contributed by atoms with Gasteiger partial charge >= 0.3 is 0 Å². The summed E-state index contributed by atoms with van der Waals surface area (Å²) in [4.78, 5) is 6.86. The SMILES string of the molecule is COc1ccc(C2(O)CC3CCC(C2)N3Cc2ccccc2)cn1. The van der Waals surface area contributed by atoms with Crippen LogP contribution < -0.4 is 4.74 Å². The summed E-state index contributed by atoms with van der Waals surface area (Å²) in [6.45, 7) is 0.979. The zero-order chi connectivity index (χ0) is 16.6. The van der Waals surface area contributed by atoms with Crippen LogP contribution in [0.4, 0.5) is 0 Å². The number of rotatable bonds is 4. The number of nitrogens with zero attached hydrogens (tertiary/aromatic N) is 2. The van der Waals surface area contributed by atoms with E-state index in [9.17, 15) is 5.11 Å². The van der Waals surface area contributed by atoms with Crippen LogP contribution in [0.25, 0.3) is 0 Å². The first-order valence-electron chi connectivity index (χ1n) is 8.70. The molecule has 0 saturated carbocycles. The Labute approximate surface area is 143 Å².